The van der Waals surface area contributed by atoms with Crippen molar-refractivity contribution in [1.82, 2.24) is 0 Å². The van der Waals surface area contributed by atoms with Gasteiger partial charge in [0.2, 0.25) is 0 Å². The number of benzene rings is 1. The summed E-state index contributed by atoms with van der Waals surface area (Å²) in [6.07, 6.45) is 0.370. The summed E-state index contributed by atoms with van der Waals surface area (Å²) in [5, 5.41) is 6.00. The number of aliphatic hydroxyl groups excluding tert-OH is 1. The molecule has 1 rings (SSSR count). The van der Waals surface area contributed by atoms with Gasteiger partial charge >= 0.3 is 5.38 Å². The minimum absolute atomic E-state index is 0.465. The zero-order chi connectivity index (χ0) is 10.6. The van der Waals surface area contributed by atoms with Crippen LogP contribution in [0.15, 0.2) is 42.5 Å². The van der Waals surface area contributed by atoms with E-state index in [2.05, 4.69) is 11.6 Å². The van der Waals surface area contributed by atoms with E-state index in [1.54, 1.807) is 30.3 Å². The third-order valence-electron chi connectivity index (χ3n) is 1.61. The van der Waals surface area contributed by atoms with E-state index < -0.39 is 11.5 Å². The fourth-order valence-corrected chi connectivity index (χ4v) is 1.03. The van der Waals surface area contributed by atoms with Crippen LogP contribution in [0.25, 0.3) is 0 Å². The maximum atomic E-state index is 12.2. The molecule has 0 unspecified atom stereocenters. The minimum atomic E-state index is -3.41. The third kappa shape index (κ3) is 3.85. The van der Waals surface area contributed by atoms with Crippen LogP contribution in [0.3, 0.4) is 0 Å². The Labute approximate surface area is 85.6 Å². The van der Waals surface area contributed by atoms with E-state index in [4.69, 9.17) is 0 Å². The van der Waals surface area contributed by atoms with E-state index in [-0.39, 0.29) is 0 Å². The second-order valence-electron chi connectivity index (χ2n) is 2.76. The average molecular weight is 219 g/mol. The molecule has 0 aliphatic heterocycles. The first-order valence-electron chi connectivity index (χ1n) is 3.98. The Bertz CT molecular complexity index is 306. The summed E-state index contributed by atoms with van der Waals surface area (Å²) in [6, 6.07) is 8.48. The van der Waals surface area contributed by atoms with Gasteiger partial charge in [-0.25, -0.2) is 0 Å². The summed E-state index contributed by atoms with van der Waals surface area (Å²) in [5.41, 5.74) is 0.546. The van der Waals surface area contributed by atoms with Gasteiger partial charge in [-0.3, -0.25) is 0 Å². The van der Waals surface area contributed by atoms with Crippen LogP contribution in [0, 0.1) is 0 Å². The van der Waals surface area contributed by atoms with E-state index in [0.717, 1.165) is 6.08 Å². The van der Waals surface area contributed by atoms with E-state index in [1.165, 1.54) is 0 Å². The average Bonchev–Trinajstić information content (AvgIpc) is 2.14. The fraction of sp³-hybridized carbons (Fsp3) is 0.200. The molecule has 1 nitrogen and oxygen atoms in total. The maximum absolute atomic E-state index is 12.2. The molecule has 1 aromatic carbocycles. The number of halogens is 3. The Morgan fingerprint density at radius 2 is 1.86 bits per heavy atom. The highest BCUT2D eigenvalue weighted by atomic mass is 35.5. The molecule has 0 saturated heterocycles. The summed E-state index contributed by atoms with van der Waals surface area (Å²) >= 11 is 4.63. The highest BCUT2D eigenvalue weighted by Crippen LogP contribution is 2.22. The van der Waals surface area contributed by atoms with Crippen molar-refractivity contribution in [2.24, 2.45) is 0 Å². The van der Waals surface area contributed by atoms with Crippen LogP contribution in [0.2, 0.25) is 0 Å². The molecule has 14 heavy (non-hydrogen) atoms. The molecule has 0 aliphatic carbocycles. The summed E-state index contributed by atoms with van der Waals surface area (Å²) in [6.45, 7) is 0. The van der Waals surface area contributed by atoms with Crippen molar-refractivity contribution in [2.75, 3.05) is 0 Å². The Kier molecular flexibility index (Phi) is 3.61. The summed E-state index contributed by atoms with van der Waals surface area (Å²) in [7, 11) is 0. The Hall–Kier alpha value is -0.930. The van der Waals surface area contributed by atoms with Gasteiger partial charge in [0.05, 0.1) is 6.10 Å². The zero-order valence-electron chi connectivity index (χ0n) is 7.20. The molecule has 4 heteroatoms. The Morgan fingerprint density at radius 3 is 2.36 bits per heavy atom. The Morgan fingerprint density at radius 1 is 1.29 bits per heavy atom. The van der Waals surface area contributed by atoms with Gasteiger partial charge in [-0.1, -0.05) is 30.3 Å². The van der Waals surface area contributed by atoms with Crippen molar-refractivity contribution in [3.63, 3.8) is 0 Å². The molecule has 0 bridgehead atoms. The van der Waals surface area contributed by atoms with Gasteiger partial charge in [0.25, 0.3) is 0 Å². The number of alkyl halides is 3. The summed E-state index contributed by atoms with van der Waals surface area (Å²) < 4.78 is 24.3. The monoisotopic (exact) mass is 218 g/mol. The molecule has 0 amide bonds. The lowest BCUT2D eigenvalue weighted by Gasteiger charge is -2.06. The van der Waals surface area contributed by atoms with Gasteiger partial charge in [-0.2, -0.15) is 8.78 Å². The van der Waals surface area contributed by atoms with Gasteiger partial charge in [-0.15, -0.1) is 0 Å². The van der Waals surface area contributed by atoms with Crippen LogP contribution in [-0.4, -0.2) is 10.5 Å². The molecular formula is C10H9ClF2O. The second-order valence-corrected chi connectivity index (χ2v) is 3.26. The number of allylic oxidation sites excluding steroid dienone is 1. The van der Waals surface area contributed by atoms with Crippen LogP contribution in [0.4, 0.5) is 8.78 Å². The first-order chi connectivity index (χ1) is 6.49. The minimum Gasteiger partial charge on any atom is -0.384 e. The quantitative estimate of drug-likeness (QED) is 0.611. The zero-order valence-corrected chi connectivity index (χ0v) is 7.96. The van der Waals surface area contributed by atoms with Gasteiger partial charge in [-0.05, 0) is 29.3 Å². The van der Waals surface area contributed by atoms with Crippen LogP contribution >= 0.6 is 11.6 Å². The van der Waals surface area contributed by atoms with E-state index >= 15 is 0 Å². The molecule has 0 aliphatic rings. The number of aliphatic hydroxyl groups is 1. The predicted molar refractivity (Wildman–Crippen MR) is 51.3 cm³/mol. The van der Waals surface area contributed by atoms with Gasteiger partial charge in [0, 0.05) is 0 Å². The molecule has 0 heterocycles. The largest absolute Gasteiger partial charge is 0.384 e. The number of rotatable bonds is 3. The van der Waals surface area contributed by atoms with Crippen LogP contribution in [-0.2, 0) is 0 Å². The molecule has 0 radical (unpaired) electrons. The molecular weight excluding hydrogens is 210 g/mol. The van der Waals surface area contributed by atoms with Gasteiger partial charge < -0.3 is 5.11 Å². The number of hydrogen-bond donors (Lipinski definition) is 1. The Balaban J connectivity index is 2.69. The molecule has 0 aromatic heterocycles. The third-order valence-corrected chi connectivity index (χ3v) is 1.73. The van der Waals surface area contributed by atoms with E-state index in [0.29, 0.717) is 11.6 Å². The fourth-order valence-electron chi connectivity index (χ4n) is 0.962. The highest BCUT2D eigenvalue weighted by molar-refractivity contribution is 6.22. The van der Waals surface area contributed by atoms with Crippen LogP contribution < -0.4 is 0 Å². The molecule has 1 aromatic rings. The first kappa shape index (κ1) is 11.1. The molecule has 0 fully saturated rings. The summed E-state index contributed by atoms with van der Waals surface area (Å²) in [5.74, 6) is 0. The van der Waals surface area contributed by atoms with Crippen molar-refractivity contribution in [1.29, 1.82) is 0 Å². The second kappa shape index (κ2) is 4.53. The lowest BCUT2D eigenvalue weighted by Crippen LogP contribution is -2.01. The highest BCUT2D eigenvalue weighted by Gasteiger charge is 2.19. The molecule has 1 atom stereocenters. The van der Waals surface area contributed by atoms with Crippen molar-refractivity contribution < 1.29 is 13.9 Å². The van der Waals surface area contributed by atoms with Crippen molar-refractivity contribution in [3.05, 3.63) is 48.0 Å². The predicted octanol–water partition coefficient (Wildman–Crippen LogP) is 3.11. The first-order valence-corrected chi connectivity index (χ1v) is 4.36. The molecule has 0 spiro atoms. The SMILES string of the molecule is O[C@@H](/C=C/C(F)(F)Cl)c1ccccc1. The van der Waals surface area contributed by atoms with Crippen LogP contribution in [0.5, 0.6) is 0 Å². The lowest BCUT2D eigenvalue weighted by atomic mass is 10.1. The molecule has 1 N–H and O–H groups in total. The van der Waals surface area contributed by atoms with E-state index in [1.807, 2.05) is 0 Å². The normalized spacial score (nSPS) is 14.6. The van der Waals surface area contributed by atoms with Crippen LogP contribution in [0.1, 0.15) is 11.7 Å². The van der Waals surface area contributed by atoms with Gasteiger partial charge in [0.1, 0.15) is 0 Å². The molecule has 0 saturated carbocycles. The smallest absolute Gasteiger partial charge is 0.341 e. The summed E-state index contributed by atoms with van der Waals surface area (Å²) in [4.78, 5) is 0. The van der Waals surface area contributed by atoms with Gasteiger partial charge in [0.15, 0.2) is 0 Å². The lowest BCUT2D eigenvalue weighted by molar-refractivity contribution is 0.149. The molecule has 76 valence electrons. The van der Waals surface area contributed by atoms with E-state index in [9.17, 15) is 13.9 Å². The standard InChI is InChI=1S/C10H9ClF2O/c11-10(12,13)7-6-9(14)8-4-2-1-3-5-8/h1-7,9,14H/b7-6+/t9-/m0/s1. The topological polar surface area (TPSA) is 20.2 Å². The van der Waals surface area contributed by atoms with Crippen molar-refractivity contribution >= 4 is 11.6 Å². The van der Waals surface area contributed by atoms with Crippen molar-refractivity contribution in [2.45, 2.75) is 11.5 Å². The maximum Gasteiger partial charge on any atom is 0.341 e. The number of hydrogen-bond acceptors (Lipinski definition) is 1. The van der Waals surface area contributed by atoms with Crippen molar-refractivity contribution in [3.8, 4) is 0 Å².